The van der Waals surface area contributed by atoms with Crippen LogP contribution in [-0.2, 0) is 23.0 Å². The van der Waals surface area contributed by atoms with Crippen LogP contribution in [0.25, 0.3) is 0 Å². The number of esters is 1. The predicted octanol–water partition coefficient (Wildman–Crippen LogP) is 1.07. The van der Waals surface area contributed by atoms with Crippen molar-refractivity contribution in [3.8, 4) is 0 Å². The largest absolute Gasteiger partial charge is 0.477 e. The van der Waals surface area contributed by atoms with Crippen molar-refractivity contribution in [3.63, 3.8) is 0 Å². The van der Waals surface area contributed by atoms with Crippen molar-refractivity contribution in [2.45, 2.75) is 38.8 Å². The number of aryl methyl sites for hydroxylation is 2. The Morgan fingerprint density at radius 3 is 2.45 bits per heavy atom. The van der Waals surface area contributed by atoms with Crippen LogP contribution in [0.3, 0.4) is 0 Å². The third kappa shape index (κ3) is 5.41. The molecule has 2 atom stereocenters. The summed E-state index contributed by atoms with van der Waals surface area (Å²) in [7, 11) is 1.36. The van der Waals surface area contributed by atoms with Gasteiger partial charge in [0.2, 0.25) is 0 Å². The SMILES string of the molecule is CCOC(=O)C(CCc1ccccc1)NC(C)C(=O)n1c(C(=O)O)cn(C)c1=O. The zero-order valence-electron chi connectivity index (χ0n) is 16.6. The first-order valence-corrected chi connectivity index (χ1v) is 9.28. The number of nitrogens with zero attached hydrogens (tertiary/aromatic N) is 2. The van der Waals surface area contributed by atoms with Gasteiger partial charge in [-0.1, -0.05) is 30.3 Å². The summed E-state index contributed by atoms with van der Waals surface area (Å²) in [5.41, 5.74) is -0.179. The van der Waals surface area contributed by atoms with Gasteiger partial charge in [0.05, 0.1) is 12.6 Å². The number of carboxylic acids is 1. The van der Waals surface area contributed by atoms with E-state index in [4.69, 9.17) is 4.74 Å². The molecule has 0 saturated heterocycles. The number of hydrogen-bond donors (Lipinski definition) is 2. The van der Waals surface area contributed by atoms with Gasteiger partial charge in [-0.3, -0.25) is 14.9 Å². The lowest BCUT2D eigenvalue weighted by atomic mass is 10.0. The summed E-state index contributed by atoms with van der Waals surface area (Å²) in [6.45, 7) is 3.34. The highest BCUT2D eigenvalue weighted by atomic mass is 16.5. The number of benzene rings is 1. The first kappa shape index (κ1) is 22.1. The van der Waals surface area contributed by atoms with Gasteiger partial charge < -0.3 is 14.4 Å². The minimum Gasteiger partial charge on any atom is -0.477 e. The minimum absolute atomic E-state index is 0.186. The summed E-state index contributed by atoms with van der Waals surface area (Å²) in [6.07, 6.45) is 2.02. The molecule has 156 valence electrons. The van der Waals surface area contributed by atoms with E-state index >= 15 is 0 Å². The molecule has 0 aliphatic heterocycles. The average molecular weight is 403 g/mol. The highest BCUT2D eigenvalue weighted by molar-refractivity contribution is 5.94. The molecule has 0 radical (unpaired) electrons. The van der Waals surface area contributed by atoms with Gasteiger partial charge in [0.15, 0.2) is 5.69 Å². The van der Waals surface area contributed by atoms with Crippen LogP contribution in [0.2, 0.25) is 0 Å². The van der Waals surface area contributed by atoms with Crippen LogP contribution in [-0.4, -0.2) is 50.8 Å². The molecule has 0 amide bonds. The Balaban J connectivity index is 2.19. The molecule has 29 heavy (non-hydrogen) atoms. The molecule has 1 aromatic heterocycles. The molecule has 0 aliphatic carbocycles. The standard InChI is InChI=1S/C20H25N3O6/c1-4-29-19(27)15(11-10-14-8-6-5-7-9-14)21-13(2)17(24)23-16(18(25)26)12-22(3)20(23)28/h5-9,12-13,15,21H,4,10-11H2,1-3H3,(H,25,26). The van der Waals surface area contributed by atoms with Crippen molar-refractivity contribution in [2.24, 2.45) is 7.05 Å². The number of hydrogen-bond acceptors (Lipinski definition) is 6. The van der Waals surface area contributed by atoms with Gasteiger partial charge in [0.1, 0.15) is 6.04 Å². The van der Waals surface area contributed by atoms with Crippen molar-refractivity contribution >= 4 is 17.8 Å². The number of aromatic carboxylic acids is 1. The van der Waals surface area contributed by atoms with E-state index in [1.807, 2.05) is 30.3 Å². The van der Waals surface area contributed by atoms with Gasteiger partial charge in [-0.2, -0.15) is 0 Å². The van der Waals surface area contributed by atoms with Crippen LogP contribution >= 0.6 is 0 Å². The Bertz CT molecular complexity index is 931. The van der Waals surface area contributed by atoms with Gasteiger partial charge in [-0.15, -0.1) is 0 Å². The van der Waals surface area contributed by atoms with Crippen LogP contribution in [0.4, 0.5) is 0 Å². The number of imidazole rings is 1. The molecule has 2 rings (SSSR count). The monoisotopic (exact) mass is 403 g/mol. The van der Waals surface area contributed by atoms with E-state index in [2.05, 4.69) is 5.32 Å². The van der Waals surface area contributed by atoms with Crippen LogP contribution < -0.4 is 11.0 Å². The van der Waals surface area contributed by atoms with Crippen molar-refractivity contribution in [3.05, 3.63) is 58.3 Å². The molecule has 1 heterocycles. The molecule has 0 bridgehead atoms. The van der Waals surface area contributed by atoms with Gasteiger partial charge in [-0.25, -0.2) is 14.2 Å². The summed E-state index contributed by atoms with van der Waals surface area (Å²) >= 11 is 0. The van der Waals surface area contributed by atoms with E-state index in [0.717, 1.165) is 16.3 Å². The van der Waals surface area contributed by atoms with Crippen molar-refractivity contribution in [1.29, 1.82) is 0 Å². The van der Waals surface area contributed by atoms with Crippen molar-refractivity contribution in [1.82, 2.24) is 14.5 Å². The normalized spacial score (nSPS) is 12.9. The minimum atomic E-state index is -1.39. The third-order valence-corrected chi connectivity index (χ3v) is 4.45. The molecule has 1 aromatic carbocycles. The lowest BCUT2D eigenvalue weighted by Gasteiger charge is -2.21. The van der Waals surface area contributed by atoms with E-state index in [0.29, 0.717) is 17.4 Å². The molecule has 0 aliphatic rings. The van der Waals surface area contributed by atoms with E-state index in [-0.39, 0.29) is 6.61 Å². The lowest BCUT2D eigenvalue weighted by Crippen LogP contribution is -2.50. The molecular formula is C20H25N3O6. The Morgan fingerprint density at radius 1 is 1.21 bits per heavy atom. The number of ether oxygens (including phenoxy) is 1. The zero-order chi connectivity index (χ0) is 21.6. The lowest BCUT2D eigenvalue weighted by molar-refractivity contribution is -0.145. The summed E-state index contributed by atoms with van der Waals surface area (Å²) in [5.74, 6) is -2.67. The number of carbonyl (C=O) groups is 3. The molecule has 2 N–H and O–H groups in total. The third-order valence-electron chi connectivity index (χ3n) is 4.45. The number of carbonyl (C=O) groups excluding carboxylic acids is 2. The maximum absolute atomic E-state index is 12.8. The quantitative estimate of drug-likeness (QED) is 0.601. The van der Waals surface area contributed by atoms with Gasteiger partial charge in [0, 0.05) is 13.2 Å². The van der Waals surface area contributed by atoms with E-state index < -0.39 is 41.3 Å². The number of aromatic nitrogens is 2. The fraction of sp³-hybridized carbons (Fsp3) is 0.400. The van der Waals surface area contributed by atoms with Crippen LogP contribution in [0.5, 0.6) is 0 Å². The highest BCUT2D eigenvalue weighted by Gasteiger charge is 2.29. The van der Waals surface area contributed by atoms with E-state index in [1.54, 1.807) is 6.92 Å². The van der Waals surface area contributed by atoms with Gasteiger partial charge in [0.25, 0.3) is 5.91 Å². The first-order chi connectivity index (χ1) is 13.8. The Hall–Kier alpha value is -3.20. The Labute approximate surface area is 167 Å². The number of carboxylic acid groups (broad SMARTS) is 1. The molecular weight excluding hydrogens is 378 g/mol. The number of rotatable bonds is 9. The molecule has 9 heteroatoms. The molecule has 2 unspecified atom stereocenters. The fourth-order valence-electron chi connectivity index (χ4n) is 2.96. The summed E-state index contributed by atoms with van der Waals surface area (Å²) in [4.78, 5) is 48.7. The van der Waals surface area contributed by atoms with Crippen LogP contribution in [0, 0.1) is 0 Å². The Morgan fingerprint density at radius 2 is 1.86 bits per heavy atom. The molecule has 9 nitrogen and oxygen atoms in total. The molecule has 0 spiro atoms. The molecule has 0 fully saturated rings. The molecule has 0 saturated carbocycles. The Kier molecular flexibility index (Phi) is 7.49. The second-order valence-electron chi connectivity index (χ2n) is 6.60. The smallest absolute Gasteiger partial charge is 0.354 e. The summed E-state index contributed by atoms with van der Waals surface area (Å²) < 4.78 is 6.71. The van der Waals surface area contributed by atoms with E-state index in [1.165, 1.54) is 14.0 Å². The number of nitrogens with one attached hydrogen (secondary N) is 1. The van der Waals surface area contributed by atoms with Gasteiger partial charge >= 0.3 is 17.6 Å². The average Bonchev–Trinajstić information content (AvgIpc) is 3.00. The fourth-order valence-corrected chi connectivity index (χ4v) is 2.96. The van der Waals surface area contributed by atoms with E-state index in [9.17, 15) is 24.3 Å². The topological polar surface area (TPSA) is 120 Å². The summed E-state index contributed by atoms with van der Waals surface area (Å²) in [5, 5.41) is 12.2. The van der Waals surface area contributed by atoms with Crippen LogP contribution in [0.15, 0.2) is 41.3 Å². The summed E-state index contributed by atoms with van der Waals surface area (Å²) in [6, 6.07) is 7.76. The maximum atomic E-state index is 12.8. The van der Waals surface area contributed by atoms with Crippen LogP contribution in [0.1, 0.15) is 41.1 Å². The van der Waals surface area contributed by atoms with Crippen molar-refractivity contribution < 1.29 is 24.2 Å². The second-order valence-corrected chi connectivity index (χ2v) is 6.60. The predicted molar refractivity (Wildman–Crippen MR) is 105 cm³/mol. The van der Waals surface area contributed by atoms with Crippen molar-refractivity contribution in [2.75, 3.05) is 6.61 Å². The molecule has 2 aromatic rings. The highest BCUT2D eigenvalue weighted by Crippen LogP contribution is 2.08. The maximum Gasteiger partial charge on any atom is 0.354 e. The zero-order valence-corrected chi connectivity index (χ0v) is 16.6. The first-order valence-electron chi connectivity index (χ1n) is 9.28. The van der Waals surface area contributed by atoms with Gasteiger partial charge in [-0.05, 0) is 32.3 Å². The second kappa shape index (κ2) is 9.83.